The van der Waals surface area contributed by atoms with Gasteiger partial charge >= 0.3 is 5.97 Å². The Morgan fingerprint density at radius 1 is 1.38 bits per heavy atom. The topological polar surface area (TPSA) is 80.9 Å². The summed E-state index contributed by atoms with van der Waals surface area (Å²) in [6.45, 7) is 2.44. The lowest BCUT2D eigenvalue weighted by Gasteiger charge is -2.17. The van der Waals surface area contributed by atoms with Gasteiger partial charge in [-0.15, -0.1) is 5.10 Å². The lowest BCUT2D eigenvalue weighted by molar-refractivity contribution is -0.144. The summed E-state index contributed by atoms with van der Waals surface area (Å²) in [5, 5.41) is 21.2. The zero-order chi connectivity index (χ0) is 14.9. The summed E-state index contributed by atoms with van der Waals surface area (Å²) in [5.74, 6) is 0.0822. The lowest BCUT2D eigenvalue weighted by atomic mass is 9.95. The van der Waals surface area contributed by atoms with Gasteiger partial charge in [-0.05, 0) is 35.3 Å². The molecule has 0 aliphatic heterocycles. The normalized spacial score (nSPS) is 17.4. The highest BCUT2D eigenvalue weighted by Crippen LogP contribution is 2.47. The van der Waals surface area contributed by atoms with Gasteiger partial charge in [0.2, 0.25) is 0 Å². The van der Waals surface area contributed by atoms with E-state index >= 15 is 0 Å². The molecular formula is C15H18N4O2. The first-order valence-electron chi connectivity index (χ1n) is 7.21. The van der Waals surface area contributed by atoms with Gasteiger partial charge in [-0.25, -0.2) is 4.68 Å². The van der Waals surface area contributed by atoms with Crippen molar-refractivity contribution in [2.24, 2.45) is 5.41 Å². The standard InChI is InChI=1S/C15H18N4O2/c1-2-12(11-6-4-3-5-7-11)13-16-17-18-19(13)10-15(8-9-15)14(20)21/h3-7,12H,2,8-10H2,1H3,(H,20,21). The van der Waals surface area contributed by atoms with Crippen LogP contribution in [0, 0.1) is 5.41 Å². The van der Waals surface area contributed by atoms with Gasteiger partial charge < -0.3 is 5.11 Å². The number of rotatable bonds is 6. The number of carboxylic acids is 1. The van der Waals surface area contributed by atoms with Crippen LogP contribution in [-0.4, -0.2) is 31.3 Å². The quantitative estimate of drug-likeness (QED) is 0.879. The third kappa shape index (κ3) is 2.53. The van der Waals surface area contributed by atoms with Crippen molar-refractivity contribution in [2.75, 3.05) is 0 Å². The molecule has 1 aliphatic rings. The van der Waals surface area contributed by atoms with Crippen molar-refractivity contribution >= 4 is 5.97 Å². The highest BCUT2D eigenvalue weighted by atomic mass is 16.4. The molecule has 0 bridgehead atoms. The molecule has 110 valence electrons. The fourth-order valence-corrected chi connectivity index (χ4v) is 2.70. The maximum atomic E-state index is 11.3. The van der Waals surface area contributed by atoms with Crippen LogP contribution in [0.5, 0.6) is 0 Å². The van der Waals surface area contributed by atoms with Crippen molar-refractivity contribution in [1.29, 1.82) is 0 Å². The molecule has 0 amide bonds. The molecule has 6 heteroatoms. The van der Waals surface area contributed by atoms with Gasteiger partial charge in [0.05, 0.1) is 12.0 Å². The number of aromatic nitrogens is 4. The second kappa shape index (κ2) is 5.27. The molecule has 1 saturated carbocycles. The van der Waals surface area contributed by atoms with Crippen molar-refractivity contribution < 1.29 is 9.90 Å². The first kappa shape index (κ1) is 13.7. The van der Waals surface area contributed by atoms with Crippen LogP contribution in [0.25, 0.3) is 0 Å². The molecule has 0 radical (unpaired) electrons. The van der Waals surface area contributed by atoms with E-state index in [2.05, 4.69) is 34.6 Å². The summed E-state index contributed by atoms with van der Waals surface area (Å²) in [7, 11) is 0. The van der Waals surface area contributed by atoms with E-state index in [9.17, 15) is 9.90 Å². The summed E-state index contributed by atoms with van der Waals surface area (Å²) >= 11 is 0. The van der Waals surface area contributed by atoms with Gasteiger partial charge in [0, 0.05) is 5.92 Å². The molecule has 1 unspecified atom stereocenters. The molecule has 1 N–H and O–H groups in total. The Morgan fingerprint density at radius 3 is 2.67 bits per heavy atom. The Labute approximate surface area is 122 Å². The van der Waals surface area contributed by atoms with E-state index in [1.165, 1.54) is 0 Å². The van der Waals surface area contributed by atoms with Crippen molar-refractivity contribution in [3.8, 4) is 0 Å². The SMILES string of the molecule is CCC(c1ccccc1)c1nnnn1CC1(C(=O)O)CC1. The van der Waals surface area contributed by atoms with E-state index in [0.717, 1.165) is 17.8 Å². The van der Waals surface area contributed by atoms with Crippen LogP contribution in [0.4, 0.5) is 0 Å². The van der Waals surface area contributed by atoms with Crippen molar-refractivity contribution in [2.45, 2.75) is 38.6 Å². The van der Waals surface area contributed by atoms with Gasteiger partial charge in [0.15, 0.2) is 5.82 Å². The zero-order valence-corrected chi connectivity index (χ0v) is 11.9. The Morgan fingerprint density at radius 2 is 2.10 bits per heavy atom. The Hall–Kier alpha value is -2.24. The monoisotopic (exact) mass is 286 g/mol. The minimum Gasteiger partial charge on any atom is -0.481 e. The third-order valence-corrected chi connectivity index (χ3v) is 4.24. The molecule has 21 heavy (non-hydrogen) atoms. The van der Waals surface area contributed by atoms with Crippen LogP contribution in [-0.2, 0) is 11.3 Å². The summed E-state index contributed by atoms with van der Waals surface area (Å²) in [5.41, 5.74) is 0.482. The molecule has 6 nitrogen and oxygen atoms in total. The van der Waals surface area contributed by atoms with Gasteiger partial charge in [-0.1, -0.05) is 37.3 Å². The summed E-state index contributed by atoms with van der Waals surface area (Å²) < 4.78 is 1.67. The maximum Gasteiger partial charge on any atom is 0.311 e. The van der Waals surface area contributed by atoms with Crippen LogP contribution < -0.4 is 0 Å². The van der Waals surface area contributed by atoms with Crippen molar-refractivity contribution in [3.63, 3.8) is 0 Å². The second-order valence-electron chi connectivity index (χ2n) is 5.65. The fraction of sp³-hybridized carbons (Fsp3) is 0.467. The van der Waals surface area contributed by atoms with Crippen molar-refractivity contribution in [1.82, 2.24) is 20.2 Å². The van der Waals surface area contributed by atoms with E-state index in [4.69, 9.17) is 0 Å². The Bertz CT molecular complexity index is 634. The summed E-state index contributed by atoms with van der Waals surface area (Å²) in [6.07, 6.45) is 2.26. The highest BCUT2D eigenvalue weighted by Gasteiger charge is 2.51. The number of benzene rings is 1. The highest BCUT2D eigenvalue weighted by molar-refractivity contribution is 5.77. The molecule has 3 rings (SSSR count). The Kier molecular flexibility index (Phi) is 3.45. The number of tetrazole rings is 1. The third-order valence-electron chi connectivity index (χ3n) is 4.24. The van der Waals surface area contributed by atoms with Gasteiger partial charge in [-0.3, -0.25) is 4.79 Å². The zero-order valence-electron chi connectivity index (χ0n) is 11.9. The molecule has 1 aliphatic carbocycles. The van der Waals surface area contributed by atoms with E-state index in [1.54, 1.807) is 4.68 Å². The molecule has 0 spiro atoms. The number of hydrogen-bond donors (Lipinski definition) is 1. The summed E-state index contributed by atoms with van der Waals surface area (Å²) in [6, 6.07) is 10.1. The molecule has 1 fully saturated rings. The number of nitrogens with zero attached hydrogens (tertiary/aromatic N) is 4. The lowest BCUT2D eigenvalue weighted by Crippen LogP contribution is -2.24. The predicted octanol–water partition coefficient (Wildman–Crippen LogP) is 2.08. The minimum atomic E-state index is -0.753. The van der Waals surface area contributed by atoms with E-state index in [0.29, 0.717) is 19.4 Å². The van der Waals surface area contributed by atoms with Gasteiger partial charge in [-0.2, -0.15) is 0 Å². The molecular weight excluding hydrogens is 268 g/mol. The molecule has 1 atom stereocenters. The van der Waals surface area contributed by atoms with Crippen LogP contribution in [0.3, 0.4) is 0 Å². The van der Waals surface area contributed by atoms with Crippen LogP contribution in [0.1, 0.15) is 43.5 Å². The van der Waals surface area contributed by atoms with E-state index in [-0.39, 0.29) is 5.92 Å². The fourth-order valence-electron chi connectivity index (χ4n) is 2.70. The molecule has 0 saturated heterocycles. The number of carbonyl (C=O) groups is 1. The summed E-state index contributed by atoms with van der Waals surface area (Å²) in [4.78, 5) is 11.3. The largest absolute Gasteiger partial charge is 0.481 e. The second-order valence-corrected chi connectivity index (χ2v) is 5.65. The van der Waals surface area contributed by atoms with Gasteiger partial charge in [0.25, 0.3) is 0 Å². The molecule has 1 aromatic carbocycles. The number of hydrogen-bond acceptors (Lipinski definition) is 4. The minimum absolute atomic E-state index is 0.0887. The van der Waals surface area contributed by atoms with E-state index in [1.807, 2.05) is 18.2 Å². The van der Waals surface area contributed by atoms with Crippen LogP contribution in [0.15, 0.2) is 30.3 Å². The van der Waals surface area contributed by atoms with Crippen molar-refractivity contribution in [3.05, 3.63) is 41.7 Å². The average molecular weight is 286 g/mol. The van der Waals surface area contributed by atoms with Gasteiger partial charge in [0.1, 0.15) is 0 Å². The Balaban J connectivity index is 1.89. The van der Waals surface area contributed by atoms with Crippen LogP contribution in [0.2, 0.25) is 0 Å². The molecule has 2 aromatic rings. The first-order valence-corrected chi connectivity index (χ1v) is 7.21. The van der Waals surface area contributed by atoms with Crippen LogP contribution >= 0.6 is 0 Å². The smallest absolute Gasteiger partial charge is 0.311 e. The molecule has 1 aromatic heterocycles. The number of aliphatic carboxylic acids is 1. The number of carboxylic acid groups (broad SMARTS) is 1. The predicted molar refractivity (Wildman–Crippen MR) is 75.7 cm³/mol. The first-order chi connectivity index (χ1) is 10.2. The average Bonchev–Trinajstić information content (AvgIpc) is 3.15. The molecule has 1 heterocycles. The van der Waals surface area contributed by atoms with E-state index < -0.39 is 11.4 Å². The maximum absolute atomic E-state index is 11.3.